The van der Waals surface area contributed by atoms with Gasteiger partial charge in [-0.2, -0.15) is 0 Å². The topological polar surface area (TPSA) is 213 Å². The normalized spacial score (nSPS) is 11.0. The molecule has 68 heavy (non-hydrogen) atoms. The molecule has 6 rings (SSSR count). The number of hydrogen-bond acceptors (Lipinski definition) is 11. The molecule has 0 atom stereocenters. The molecule has 0 heterocycles. The van der Waals surface area contributed by atoms with Gasteiger partial charge in [-0.25, -0.2) is 16.8 Å². The molecule has 6 aromatic carbocycles. The number of aliphatic carboxylic acids is 2. The van der Waals surface area contributed by atoms with Crippen molar-refractivity contribution in [3.05, 3.63) is 162 Å². The Bertz CT molecular complexity index is 2750. The minimum Gasteiger partial charge on any atom is -0.497 e. The van der Waals surface area contributed by atoms with Crippen molar-refractivity contribution >= 4 is 43.4 Å². The van der Waals surface area contributed by atoms with E-state index in [2.05, 4.69) is 16.4 Å². The first-order valence-electron chi connectivity index (χ1n) is 21.8. The lowest BCUT2D eigenvalue weighted by Gasteiger charge is -2.12. The van der Waals surface area contributed by atoms with Crippen LogP contribution >= 0.6 is 0 Å². The summed E-state index contributed by atoms with van der Waals surface area (Å²) in [4.78, 5) is 21.9. The second-order valence-corrected chi connectivity index (χ2v) is 18.4. The summed E-state index contributed by atoms with van der Waals surface area (Å²) in [7, 11) is -5.96. The molecule has 0 aliphatic rings. The Morgan fingerprint density at radius 1 is 0.500 bits per heavy atom. The standard InChI is InChI=1S/C27H31NO6S.C24H25NO7S/c1-2-3-6-21-9-16-25(17-10-21)35(31,32)28-23-12-14-24(15-13-23)33-19-20-34-26-8-5-4-7-22(26)11-18-27(29)30;1-30-21-6-4-7-22(17-21)33(28,29)25-19-10-12-20(13-11-19)31-15-16-32-23-8-3-2-5-18(23)9-14-24(26)27/h4-5,7-10,12-17,28H,2-3,6,11,18-20H2,1H3,(H,29,30);2-8,10-13,17,25H,9,14-16H2,1H3,(H,26,27). The number of carbonyl (C=O) groups is 2. The van der Waals surface area contributed by atoms with Crippen LogP contribution in [0, 0.1) is 0 Å². The summed E-state index contributed by atoms with van der Waals surface area (Å²) in [5.41, 5.74) is 3.62. The lowest BCUT2D eigenvalue weighted by Crippen LogP contribution is -2.13. The van der Waals surface area contributed by atoms with E-state index in [1.54, 1.807) is 84.9 Å². The Morgan fingerprint density at radius 3 is 1.41 bits per heavy atom. The molecule has 6 aromatic rings. The molecular weight excluding hydrogens is 913 g/mol. The van der Waals surface area contributed by atoms with Gasteiger partial charge in [0.1, 0.15) is 55.2 Å². The molecule has 0 saturated carbocycles. The zero-order valence-corrected chi connectivity index (χ0v) is 39.5. The number of unbranched alkanes of at least 4 members (excludes halogenated alkanes) is 1. The first-order valence-corrected chi connectivity index (χ1v) is 24.8. The minimum atomic E-state index is -3.75. The van der Waals surface area contributed by atoms with E-state index in [-0.39, 0.29) is 49.1 Å². The molecule has 0 aromatic heterocycles. The number of anilines is 2. The fourth-order valence-electron chi connectivity index (χ4n) is 6.46. The second kappa shape index (κ2) is 26.2. The molecule has 0 fully saturated rings. The van der Waals surface area contributed by atoms with Gasteiger partial charge in [-0.3, -0.25) is 19.0 Å². The lowest BCUT2D eigenvalue weighted by molar-refractivity contribution is -0.138. The first-order chi connectivity index (χ1) is 32.7. The van der Waals surface area contributed by atoms with Gasteiger partial charge < -0.3 is 33.9 Å². The van der Waals surface area contributed by atoms with Gasteiger partial charge in [0.05, 0.1) is 16.9 Å². The molecule has 0 radical (unpaired) electrons. The van der Waals surface area contributed by atoms with Crippen molar-refractivity contribution in [3.8, 4) is 28.7 Å². The second-order valence-electron chi connectivity index (χ2n) is 15.1. The fraction of sp³-hybridized carbons (Fsp3) is 0.255. The van der Waals surface area contributed by atoms with Crippen LogP contribution in [-0.4, -0.2) is 72.5 Å². The van der Waals surface area contributed by atoms with E-state index in [4.69, 9.17) is 33.9 Å². The zero-order chi connectivity index (χ0) is 48.8. The molecule has 0 unspecified atom stereocenters. The van der Waals surface area contributed by atoms with Gasteiger partial charge in [0.15, 0.2) is 0 Å². The van der Waals surface area contributed by atoms with Gasteiger partial charge in [0, 0.05) is 30.3 Å². The molecule has 17 heteroatoms. The Hall–Kier alpha value is -7.24. The van der Waals surface area contributed by atoms with Gasteiger partial charge in [-0.15, -0.1) is 0 Å². The van der Waals surface area contributed by atoms with Gasteiger partial charge >= 0.3 is 11.9 Å². The largest absolute Gasteiger partial charge is 0.497 e. The monoisotopic (exact) mass is 968 g/mol. The SMILES string of the molecule is CCCCc1ccc(S(=O)(=O)Nc2ccc(OCCOc3ccccc3CCC(=O)O)cc2)cc1.COc1cccc(S(=O)(=O)Nc2ccc(OCCOc3ccccc3CCC(=O)O)cc2)c1. The summed E-state index contributed by atoms with van der Waals surface area (Å²) in [6.45, 7) is 3.23. The van der Waals surface area contributed by atoms with Gasteiger partial charge in [-0.05, 0) is 127 Å². The van der Waals surface area contributed by atoms with Crippen molar-refractivity contribution in [1.29, 1.82) is 0 Å². The van der Waals surface area contributed by atoms with Crippen LogP contribution in [-0.2, 0) is 48.9 Å². The third kappa shape index (κ3) is 17.2. The lowest BCUT2D eigenvalue weighted by atomic mass is 10.1. The molecule has 0 saturated heterocycles. The van der Waals surface area contributed by atoms with Crippen LogP contribution in [0.2, 0.25) is 0 Å². The number of carboxylic acid groups (broad SMARTS) is 2. The highest BCUT2D eigenvalue weighted by Crippen LogP contribution is 2.25. The van der Waals surface area contributed by atoms with Gasteiger partial charge in [0.25, 0.3) is 20.0 Å². The van der Waals surface area contributed by atoms with Crippen molar-refractivity contribution in [2.75, 3.05) is 43.0 Å². The maximum Gasteiger partial charge on any atom is 0.303 e. The highest BCUT2D eigenvalue weighted by molar-refractivity contribution is 7.93. The number of rotatable bonds is 26. The molecule has 4 N–H and O–H groups in total. The van der Waals surface area contributed by atoms with Crippen LogP contribution in [0.4, 0.5) is 11.4 Å². The van der Waals surface area contributed by atoms with Crippen molar-refractivity contribution in [2.24, 2.45) is 0 Å². The third-order valence-corrected chi connectivity index (χ3v) is 12.8. The smallest absolute Gasteiger partial charge is 0.303 e. The summed E-state index contributed by atoms with van der Waals surface area (Å²) in [6.07, 6.45) is 3.96. The summed E-state index contributed by atoms with van der Waals surface area (Å²) >= 11 is 0. The number of para-hydroxylation sites is 2. The molecular formula is C51H56N2O13S2. The Labute approximate surface area is 397 Å². The average molecular weight is 969 g/mol. The van der Waals surface area contributed by atoms with Crippen LogP contribution < -0.4 is 33.1 Å². The van der Waals surface area contributed by atoms with E-state index in [0.29, 0.717) is 53.0 Å². The van der Waals surface area contributed by atoms with Crippen LogP contribution in [0.25, 0.3) is 0 Å². The summed E-state index contributed by atoms with van der Waals surface area (Å²) < 4.78 is 83.5. The summed E-state index contributed by atoms with van der Waals surface area (Å²) in [5.74, 6) is 1.15. The number of ether oxygens (including phenoxy) is 5. The van der Waals surface area contributed by atoms with Gasteiger partial charge in [-0.1, -0.05) is 67.9 Å². The van der Waals surface area contributed by atoms with E-state index >= 15 is 0 Å². The maximum absolute atomic E-state index is 12.7. The summed E-state index contributed by atoms with van der Waals surface area (Å²) in [6, 6.07) is 41.0. The number of sulfonamides is 2. The van der Waals surface area contributed by atoms with E-state index in [1.807, 2.05) is 48.5 Å². The molecule has 0 aliphatic carbocycles. The number of nitrogens with one attached hydrogen (secondary N) is 2. The number of aryl methyl sites for hydroxylation is 3. The predicted molar refractivity (Wildman–Crippen MR) is 259 cm³/mol. The quantitative estimate of drug-likeness (QED) is 0.0374. The predicted octanol–water partition coefficient (Wildman–Crippen LogP) is 9.28. The highest BCUT2D eigenvalue weighted by Gasteiger charge is 2.16. The number of benzene rings is 6. The molecule has 360 valence electrons. The summed E-state index contributed by atoms with van der Waals surface area (Å²) in [5, 5.41) is 17.7. The Balaban J connectivity index is 0.000000255. The van der Waals surface area contributed by atoms with E-state index in [0.717, 1.165) is 36.0 Å². The minimum absolute atomic E-state index is 0.0325. The van der Waals surface area contributed by atoms with Crippen LogP contribution in [0.3, 0.4) is 0 Å². The third-order valence-electron chi connectivity index (χ3n) is 10.00. The number of carboxylic acids is 2. The van der Waals surface area contributed by atoms with Gasteiger partial charge in [0.2, 0.25) is 0 Å². The molecule has 15 nitrogen and oxygen atoms in total. The molecule has 0 aliphatic heterocycles. The molecule has 0 spiro atoms. The van der Waals surface area contributed by atoms with E-state index in [1.165, 1.54) is 19.2 Å². The Kier molecular flexibility index (Phi) is 19.9. The van der Waals surface area contributed by atoms with Crippen molar-refractivity contribution in [2.45, 2.75) is 61.7 Å². The zero-order valence-electron chi connectivity index (χ0n) is 37.8. The first kappa shape index (κ1) is 51.7. The molecule has 0 bridgehead atoms. The van der Waals surface area contributed by atoms with Crippen LogP contribution in [0.1, 0.15) is 49.3 Å². The van der Waals surface area contributed by atoms with Crippen molar-refractivity contribution in [1.82, 2.24) is 0 Å². The van der Waals surface area contributed by atoms with E-state index in [9.17, 15) is 26.4 Å². The van der Waals surface area contributed by atoms with Crippen molar-refractivity contribution < 1.29 is 60.3 Å². The highest BCUT2D eigenvalue weighted by atomic mass is 32.2. The van der Waals surface area contributed by atoms with E-state index < -0.39 is 32.0 Å². The maximum atomic E-state index is 12.7. The van der Waals surface area contributed by atoms with Crippen molar-refractivity contribution in [3.63, 3.8) is 0 Å². The number of hydrogen-bond donors (Lipinski definition) is 4. The average Bonchev–Trinajstić information content (AvgIpc) is 3.34. The van der Waals surface area contributed by atoms with Crippen LogP contribution in [0.15, 0.2) is 155 Å². The van der Waals surface area contributed by atoms with Crippen LogP contribution in [0.5, 0.6) is 28.7 Å². The fourth-order valence-corrected chi connectivity index (χ4v) is 8.61. The number of methoxy groups -OCH3 is 1. The Morgan fingerprint density at radius 2 is 0.956 bits per heavy atom. The molecule has 0 amide bonds.